The van der Waals surface area contributed by atoms with Crippen molar-refractivity contribution >= 4 is 74.2 Å². The Morgan fingerprint density at radius 1 is 0.632 bits per heavy atom. The molecule has 0 saturated carbocycles. The van der Waals surface area contributed by atoms with Gasteiger partial charge in [-0.15, -0.1) is 0 Å². The molecule has 0 aromatic carbocycles. The predicted molar refractivity (Wildman–Crippen MR) is 226 cm³/mol. The molecule has 0 aliphatic carbocycles. The van der Waals surface area contributed by atoms with E-state index in [1.54, 1.807) is 0 Å². The van der Waals surface area contributed by atoms with Crippen LogP contribution in [0.5, 0.6) is 0 Å². The standard InChI is InChI=1S/C33H44N15O17P3/c1-57-23-17(7-60-67(53,54)64-15-5-14(3-4-66(51,52)58-2)61-31(15)46-11-43-18-25(34)37-8-40-28(18)46)63-33(48-13-45-20-27(36)39-10-42-30(20)48)24(23)65-68(55,56)59-6-16-21(49)22(50)32(62-16)47-12-44-19-26(35)38-9-41-29(19)47/h8-17,21-24,31-33,49-50H,3-7H2,1-2H3,(H,51,52)(H,53,54)(H,55,56)(H2,34,37,40)(H2,35,38,41)(H2,36,39,42)/t14-,15-,16-,17-,21-,22-,23-,24-,31-,32-,33-/m1/s1. The third kappa shape index (κ3) is 9.44. The highest BCUT2D eigenvalue weighted by atomic mass is 31.2. The van der Waals surface area contributed by atoms with Gasteiger partial charge in [-0.1, -0.05) is 0 Å². The maximum absolute atomic E-state index is 13.8. The van der Waals surface area contributed by atoms with Crippen LogP contribution in [0, 0.1) is 0 Å². The number of aliphatic hydroxyl groups excluding tert-OH is 2. The molecule has 0 radical (unpaired) electrons. The molecule has 0 amide bonds. The number of phosphoric acid groups is 2. The topological polar surface area (TPSA) is 444 Å². The lowest BCUT2D eigenvalue weighted by atomic mass is 10.1. The highest BCUT2D eigenvalue weighted by molar-refractivity contribution is 7.52. The number of ether oxygens (including phenoxy) is 4. The zero-order valence-corrected chi connectivity index (χ0v) is 38.1. The van der Waals surface area contributed by atoms with Crippen LogP contribution in [0.2, 0.25) is 0 Å². The molecule has 0 spiro atoms. The molecule has 3 fully saturated rings. The number of hydrogen-bond donors (Lipinski definition) is 8. The van der Waals surface area contributed by atoms with Crippen molar-refractivity contribution < 1.29 is 80.2 Å². The normalized spacial score (nSPS) is 30.3. The molecule has 368 valence electrons. The molecule has 3 unspecified atom stereocenters. The molecule has 6 aromatic rings. The Labute approximate surface area is 381 Å². The first-order valence-corrected chi connectivity index (χ1v) is 25.0. The lowest BCUT2D eigenvalue weighted by Gasteiger charge is -2.26. The number of nitrogen functional groups attached to an aromatic ring is 3. The van der Waals surface area contributed by atoms with Crippen molar-refractivity contribution in [1.82, 2.24) is 58.6 Å². The second-order valence-corrected chi connectivity index (χ2v) is 20.4. The summed E-state index contributed by atoms with van der Waals surface area (Å²) in [6.45, 7) is -1.57. The summed E-state index contributed by atoms with van der Waals surface area (Å²) in [6, 6.07) is 0. The number of anilines is 3. The van der Waals surface area contributed by atoms with Crippen LogP contribution in [0.25, 0.3) is 33.5 Å². The van der Waals surface area contributed by atoms with E-state index in [4.69, 9.17) is 58.8 Å². The van der Waals surface area contributed by atoms with Gasteiger partial charge in [0, 0.05) is 20.6 Å². The molecule has 3 aliphatic rings. The minimum absolute atomic E-state index is 0.0164. The summed E-state index contributed by atoms with van der Waals surface area (Å²) >= 11 is 0. The van der Waals surface area contributed by atoms with Gasteiger partial charge in [0.25, 0.3) is 0 Å². The molecular weight excluding hydrogens is 971 g/mol. The van der Waals surface area contributed by atoms with Crippen molar-refractivity contribution in [3.05, 3.63) is 38.0 Å². The molecule has 3 aliphatic heterocycles. The number of fused-ring (bicyclic) bond motifs is 3. The molecule has 9 rings (SSSR count). The van der Waals surface area contributed by atoms with E-state index in [1.807, 2.05) is 0 Å². The Morgan fingerprint density at radius 2 is 1.12 bits per heavy atom. The van der Waals surface area contributed by atoms with Crippen LogP contribution in [0.15, 0.2) is 38.0 Å². The maximum Gasteiger partial charge on any atom is 0.472 e. The zero-order valence-electron chi connectivity index (χ0n) is 35.4. The molecule has 9 heterocycles. The highest BCUT2D eigenvalue weighted by Gasteiger charge is 2.53. The number of nitrogens with two attached hydrogens (primary N) is 3. The summed E-state index contributed by atoms with van der Waals surface area (Å²) in [7, 11) is -12.0. The summed E-state index contributed by atoms with van der Waals surface area (Å²) < 4.78 is 94.7. The Bertz CT molecular complexity index is 2950. The van der Waals surface area contributed by atoms with Crippen LogP contribution in [0.1, 0.15) is 31.5 Å². The number of rotatable bonds is 18. The number of methoxy groups -OCH3 is 1. The maximum atomic E-state index is 13.8. The fourth-order valence-electron chi connectivity index (χ4n) is 8.09. The third-order valence-corrected chi connectivity index (χ3v) is 14.8. The number of imidazole rings is 3. The van der Waals surface area contributed by atoms with E-state index in [2.05, 4.69) is 44.9 Å². The van der Waals surface area contributed by atoms with E-state index < -0.39 is 104 Å². The van der Waals surface area contributed by atoms with Gasteiger partial charge in [0.1, 0.15) is 78.3 Å². The van der Waals surface area contributed by atoms with Gasteiger partial charge < -0.3 is 65.6 Å². The van der Waals surface area contributed by atoms with E-state index in [1.165, 1.54) is 52.4 Å². The first-order valence-electron chi connectivity index (χ1n) is 20.2. The Kier molecular flexibility index (Phi) is 13.3. The van der Waals surface area contributed by atoms with Crippen LogP contribution in [-0.2, 0) is 55.3 Å². The van der Waals surface area contributed by atoms with Crippen molar-refractivity contribution in [3.8, 4) is 0 Å². The van der Waals surface area contributed by atoms with Crippen molar-refractivity contribution in [2.45, 2.75) is 80.4 Å². The summed E-state index contributed by atoms with van der Waals surface area (Å²) in [6.07, 6.45) is -8.11. The summed E-state index contributed by atoms with van der Waals surface area (Å²) in [5.41, 5.74) is 18.9. The van der Waals surface area contributed by atoms with Crippen molar-refractivity contribution in [1.29, 1.82) is 0 Å². The van der Waals surface area contributed by atoms with Gasteiger partial charge in [-0.25, -0.2) is 54.0 Å². The molecule has 14 atom stereocenters. The molecule has 6 aromatic heterocycles. The monoisotopic (exact) mass is 1020 g/mol. The number of aliphatic hydroxyl groups is 2. The fourth-order valence-corrected chi connectivity index (χ4v) is 10.7. The predicted octanol–water partition coefficient (Wildman–Crippen LogP) is -0.702. The van der Waals surface area contributed by atoms with E-state index >= 15 is 0 Å². The molecule has 68 heavy (non-hydrogen) atoms. The van der Waals surface area contributed by atoms with Crippen LogP contribution in [0.3, 0.4) is 0 Å². The molecule has 11 N–H and O–H groups in total. The Balaban J connectivity index is 0.922. The van der Waals surface area contributed by atoms with Crippen LogP contribution >= 0.6 is 23.2 Å². The second kappa shape index (κ2) is 18.8. The van der Waals surface area contributed by atoms with Crippen LogP contribution in [-0.4, -0.2) is 166 Å². The van der Waals surface area contributed by atoms with E-state index in [0.29, 0.717) is 0 Å². The van der Waals surface area contributed by atoms with Crippen molar-refractivity contribution in [2.24, 2.45) is 0 Å². The minimum atomic E-state index is -5.23. The Morgan fingerprint density at radius 3 is 1.65 bits per heavy atom. The van der Waals surface area contributed by atoms with Crippen LogP contribution < -0.4 is 17.2 Å². The van der Waals surface area contributed by atoms with Gasteiger partial charge in [-0.3, -0.25) is 36.4 Å². The summed E-state index contributed by atoms with van der Waals surface area (Å²) in [4.78, 5) is 69.3. The number of aromatic nitrogens is 12. The first-order chi connectivity index (χ1) is 32.4. The quantitative estimate of drug-likeness (QED) is 0.0493. The largest absolute Gasteiger partial charge is 0.472 e. The van der Waals surface area contributed by atoms with Crippen molar-refractivity contribution in [3.63, 3.8) is 0 Å². The lowest BCUT2D eigenvalue weighted by Crippen LogP contribution is -2.37. The van der Waals surface area contributed by atoms with Gasteiger partial charge in [0.15, 0.2) is 53.1 Å². The average Bonchev–Trinajstić information content (AvgIpc) is 4.17. The molecule has 3 saturated heterocycles. The van der Waals surface area contributed by atoms with Gasteiger partial charge in [0.2, 0.25) is 0 Å². The molecular formula is C33H44N15O17P3. The van der Waals surface area contributed by atoms with E-state index in [-0.39, 0.29) is 69.9 Å². The van der Waals surface area contributed by atoms with Crippen molar-refractivity contribution in [2.75, 3.05) is 50.8 Å². The SMILES string of the molecule is CO[C@H]1[C@@H](OP(=O)(O)OC[C@H]2O[C@@H](n3cnc4c(N)ncnc43)[C@H](O)[C@@H]2O)[C@H](n2cnc3c(N)ncnc32)O[C@@H]1COP(=O)(O)O[C@@H]1C[C@@H](CCP(=O)(O)OC)O[C@H]1n1cnc2c(N)ncnc21. The molecule has 35 heteroatoms. The average molecular weight is 1020 g/mol. The van der Waals surface area contributed by atoms with Gasteiger partial charge in [-0.2, -0.15) is 0 Å². The highest BCUT2D eigenvalue weighted by Crippen LogP contribution is 2.54. The number of hydrogen-bond acceptors (Lipinski definition) is 26. The lowest BCUT2D eigenvalue weighted by molar-refractivity contribution is -0.0634. The van der Waals surface area contributed by atoms with Crippen LogP contribution in [0.4, 0.5) is 17.5 Å². The zero-order chi connectivity index (χ0) is 48.3. The fraction of sp³-hybridized carbons (Fsp3) is 0.545. The summed E-state index contributed by atoms with van der Waals surface area (Å²) in [5.74, 6) is 0.0840. The van der Waals surface area contributed by atoms with Gasteiger partial charge in [-0.05, 0) is 6.42 Å². The van der Waals surface area contributed by atoms with E-state index in [9.17, 15) is 38.6 Å². The first kappa shape index (κ1) is 48.2. The number of phosphoric ester groups is 2. The molecule has 0 bridgehead atoms. The summed E-state index contributed by atoms with van der Waals surface area (Å²) in [5, 5.41) is 21.8. The molecule has 32 nitrogen and oxygen atoms in total. The minimum Gasteiger partial charge on any atom is -0.387 e. The van der Waals surface area contributed by atoms with Gasteiger partial charge >= 0.3 is 23.2 Å². The smallest absolute Gasteiger partial charge is 0.387 e. The third-order valence-electron chi connectivity index (χ3n) is 11.4. The Hall–Kier alpha value is -4.82. The van der Waals surface area contributed by atoms with Gasteiger partial charge in [0.05, 0.1) is 44.5 Å². The van der Waals surface area contributed by atoms with E-state index in [0.717, 1.165) is 13.4 Å². The second-order valence-electron chi connectivity index (χ2n) is 15.5. The number of nitrogens with zero attached hydrogens (tertiary/aromatic N) is 12.